The summed E-state index contributed by atoms with van der Waals surface area (Å²) in [6.07, 6.45) is 8.41. The van der Waals surface area contributed by atoms with E-state index in [1.54, 1.807) is 0 Å². The van der Waals surface area contributed by atoms with Crippen molar-refractivity contribution in [2.24, 2.45) is 5.41 Å². The van der Waals surface area contributed by atoms with Gasteiger partial charge in [0.25, 0.3) is 0 Å². The van der Waals surface area contributed by atoms with Gasteiger partial charge < -0.3 is 0 Å². The maximum atomic E-state index is 12.9. The van der Waals surface area contributed by atoms with E-state index in [4.69, 9.17) is 9.47 Å². The number of carbonyl (C=O) groups is 2. The molecule has 0 heterocycles. The number of hydrogen-bond donors (Lipinski definition) is 0. The molecule has 0 bridgehead atoms. The van der Waals surface area contributed by atoms with Crippen LogP contribution in [0.5, 0.6) is 0 Å². The number of ether oxygens (including phenoxy) is 2. The Morgan fingerprint density at radius 2 is 1.25 bits per heavy atom. The summed E-state index contributed by atoms with van der Waals surface area (Å²) in [5.74, 6) is -0.906. The fourth-order valence-corrected chi connectivity index (χ4v) is 21.8. The first-order valence-corrected chi connectivity index (χ1v) is 23.9. The zero-order valence-corrected chi connectivity index (χ0v) is 25.9. The maximum absolute atomic E-state index is 12.9. The van der Waals surface area contributed by atoms with Gasteiger partial charge in [-0.2, -0.15) is 0 Å². The van der Waals surface area contributed by atoms with Crippen LogP contribution in [0, 0.1) is 5.41 Å². The fraction of sp³-hybridized carbons (Fsp3) is 0.769. The Kier molecular flexibility index (Phi) is 12.3. The summed E-state index contributed by atoms with van der Waals surface area (Å²) in [6.45, 7) is 13.8. The van der Waals surface area contributed by atoms with Crippen molar-refractivity contribution in [3.8, 4) is 0 Å². The number of hydrogen-bond acceptors (Lipinski definition) is 4. The third kappa shape index (κ3) is 8.03. The second-order valence-electron chi connectivity index (χ2n) is 10.8. The van der Waals surface area contributed by atoms with Crippen molar-refractivity contribution in [1.29, 1.82) is 0 Å². The molecule has 0 atom stereocenters. The molecule has 0 unspecified atom stereocenters. The van der Waals surface area contributed by atoms with Crippen LogP contribution in [0.3, 0.4) is 0 Å². The van der Waals surface area contributed by atoms with E-state index in [1.165, 1.54) is 77.2 Å². The zero-order chi connectivity index (χ0) is 24.4. The number of esters is 2. The van der Waals surface area contributed by atoms with Gasteiger partial charge in [-0.3, -0.25) is 0 Å². The molecule has 1 fully saturated rings. The molecule has 184 valence electrons. The Hall–Kier alpha value is -0.564. The van der Waals surface area contributed by atoms with Crippen LogP contribution in [-0.2, 0) is 19.1 Å². The third-order valence-electron chi connectivity index (χ3n) is 6.72. The van der Waals surface area contributed by atoms with E-state index in [0.29, 0.717) is 12.8 Å². The van der Waals surface area contributed by atoms with Gasteiger partial charge in [-0.25, -0.2) is 0 Å². The van der Waals surface area contributed by atoms with Crippen molar-refractivity contribution in [2.75, 3.05) is 14.2 Å². The molecule has 0 saturated heterocycles. The molecule has 1 aliphatic carbocycles. The summed E-state index contributed by atoms with van der Waals surface area (Å²) < 4.78 is 17.1. The van der Waals surface area contributed by atoms with Crippen LogP contribution in [0.1, 0.15) is 72.1 Å². The molecule has 0 aliphatic heterocycles. The van der Waals surface area contributed by atoms with Crippen molar-refractivity contribution in [3.63, 3.8) is 0 Å². The van der Waals surface area contributed by atoms with Crippen LogP contribution < -0.4 is 0 Å². The van der Waals surface area contributed by atoms with Gasteiger partial charge in [0.1, 0.15) is 0 Å². The summed E-state index contributed by atoms with van der Waals surface area (Å²) in [5, 5.41) is 0. The first kappa shape index (κ1) is 29.5. The molecule has 6 heteroatoms. The average molecular weight is 571 g/mol. The van der Waals surface area contributed by atoms with Gasteiger partial charge in [-0.15, -0.1) is 0 Å². The Labute approximate surface area is 202 Å². The standard InChI is InChI=1S/C14H21O4Si.3C4H9.Sn/c1-10-7-14(12(15)17-2,13(16)18-3)8-11(10)9-19(4,5)6;3*1-3-4-2;/h1,9H,7-8H2,2-6H3;3*1,3-4H2,2H3;/b10-1?,11-9-;;;;. The van der Waals surface area contributed by atoms with Crippen molar-refractivity contribution >= 4 is 38.4 Å². The monoisotopic (exact) mass is 572 g/mol. The number of unbranched alkanes of at least 4 members (excludes halogenated alkanes) is 3. The van der Waals surface area contributed by atoms with Crippen molar-refractivity contribution in [2.45, 2.75) is 105 Å². The fourth-order valence-electron chi connectivity index (χ4n) is 5.06. The molecular formula is C26H48O4SiSn. The van der Waals surface area contributed by atoms with Gasteiger partial charge in [-0.1, -0.05) is 0 Å². The van der Waals surface area contributed by atoms with Crippen molar-refractivity contribution in [1.82, 2.24) is 0 Å². The average Bonchev–Trinajstić information content (AvgIpc) is 3.10. The molecule has 0 aromatic rings. The van der Waals surface area contributed by atoms with Crippen LogP contribution in [0.4, 0.5) is 0 Å². The molecule has 0 aromatic carbocycles. The second kappa shape index (κ2) is 13.4. The Morgan fingerprint density at radius 1 is 0.844 bits per heavy atom. The van der Waals surface area contributed by atoms with Gasteiger partial charge in [-0.05, 0) is 0 Å². The van der Waals surface area contributed by atoms with E-state index in [2.05, 4.69) is 50.2 Å². The Morgan fingerprint density at radius 3 is 1.59 bits per heavy atom. The summed E-state index contributed by atoms with van der Waals surface area (Å²) >= 11 is -2.61. The van der Waals surface area contributed by atoms with Gasteiger partial charge >= 0.3 is 203 Å². The minimum absolute atomic E-state index is 0.416. The summed E-state index contributed by atoms with van der Waals surface area (Å²) in [6, 6.07) is 0. The van der Waals surface area contributed by atoms with Gasteiger partial charge in [0, 0.05) is 0 Å². The first-order chi connectivity index (χ1) is 15.0. The molecule has 0 N–H and O–H groups in total. The molecular weight excluding hydrogens is 523 g/mol. The third-order valence-corrected chi connectivity index (χ3v) is 22.2. The van der Waals surface area contributed by atoms with Crippen LogP contribution in [-0.4, -0.2) is 52.6 Å². The molecule has 0 spiro atoms. The summed E-state index contributed by atoms with van der Waals surface area (Å²) in [7, 11) is 1.21. The second-order valence-corrected chi connectivity index (χ2v) is 28.7. The number of rotatable bonds is 13. The summed E-state index contributed by atoms with van der Waals surface area (Å²) in [4.78, 5) is 25.9. The molecule has 0 aromatic heterocycles. The van der Waals surface area contributed by atoms with Crippen LogP contribution in [0.25, 0.3) is 0 Å². The van der Waals surface area contributed by atoms with Crippen LogP contribution >= 0.6 is 0 Å². The topological polar surface area (TPSA) is 52.6 Å². The van der Waals surface area contributed by atoms with Crippen molar-refractivity contribution in [3.05, 3.63) is 20.9 Å². The Balaban J connectivity index is 3.66. The normalized spacial score (nSPS) is 18.9. The zero-order valence-electron chi connectivity index (χ0n) is 22.1. The van der Waals surface area contributed by atoms with Gasteiger partial charge in [0.2, 0.25) is 0 Å². The number of methoxy groups -OCH3 is 2. The van der Waals surface area contributed by atoms with Crippen LogP contribution in [0.2, 0.25) is 33.0 Å². The van der Waals surface area contributed by atoms with E-state index in [9.17, 15) is 9.59 Å². The molecule has 1 rings (SSSR count). The Bertz CT molecular complexity index is 653. The SMILES string of the molecule is CCC[CH2][Sn](/[CH]=C1/CC(C(=O)OC)(C(=O)OC)C/C1=C/[Si](C)(C)C)([CH2]CCC)[CH2]CCC. The number of carbonyl (C=O) groups excluding carboxylic acids is 2. The molecule has 0 radical (unpaired) electrons. The molecule has 0 amide bonds. The molecule has 1 saturated carbocycles. The molecule has 32 heavy (non-hydrogen) atoms. The quantitative estimate of drug-likeness (QED) is 0.133. The molecule has 1 aliphatic rings. The number of allylic oxidation sites excluding steroid dienone is 2. The van der Waals surface area contributed by atoms with E-state index < -0.39 is 43.8 Å². The predicted octanol–water partition coefficient (Wildman–Crippen LogP) is 7.23. The molecule has 4 nitrogen and oxygen atoms in total. The van der Waals surface area contributed by atoms with Gasteiger partial charge in [0.05, 0.1) is 0 Å². The summed E-state index contributed by atoms with van der Waals surface area (Å²) in [5.41, 5.74) is 3.66. The first-order valence-electron chi connectivity index (χ1n) is 12.6. The van der Waals surface area contributed by atoms with E-state index in [-0.39, 0.29) is 0 Å². The van der Waals surface area contributed by atoms with E-state index in [0.717, 1.165) is 0 Å². The van der Waals surface area contributed by atoms with Gasteiger partial charge in [0.15, 0.2) is 0 Å². The van der Waals surface area contributed by atoms with Crippen LogP contribution in [0.15, 0.2) is 20.9 Å². The van der Waals surface area contributed by atoms with Crippen molar-refractivity contribution < 1.29 is 19.1 Å². The van der Waals surface area contributed by atoms with E-state index in [1.807, 2.05) is 0 Å². The van der Waals surface area contributed by atoms with E-state index >= 15 is 0 Å². The predicted molar refractivity (Wildman–Crippen MR) is 140 cm³/mol. The minimum atomic E-state index is -2.61.